The Kier molecular flexibility index (Phi) is 5.98. The highest BCUT2D eigenvalue weighted by Crippen LogP contribution is 2.15. The lowest BCUT2D eigenvalue weighted by molar-refractivity contribution is 0.122. The molecule has 2 N–H and O–H groups in total. The van der Waals surface area contributed by atoms with Crippen molar-refractivity contribution in [2.75, 3.05) is 54.9 Å². The smallest absolute Gasteiger partial charge is 0.232 e. The molecule has 21 heavy (non-hydrogen) atoms. The molecular weight excluding hydrogens is 268 g/mol. The van der Waals surface area contributed by atoms with Gasteiger partial charge in [0.1, 0.15) is 0 Å². The van der Waals surface area contributed by atoms with Crippen molar-refractivity contribution < 1.29 is 4.74 Å². The summed E-state index contributed by atoms with van der Waals surface area (Å²) >= 11 is 0. The summed E-state index contributed by atoms with van der Waals surface area (Å²) in [6, 6.07) is 0. The molecule has 0 aliphatic carbocycles. The number of nitrogens with zero attached hydrogens (tertiary/aromatic N) is 4. The van der Waals surface area contributed by atoms with E-state index in [9.17, 15) is 0 Å². The van der Waals surface area contributed by atoms with Crippen LogP contribution >= 0.6 is 0 Å². The normalized spacial score (nSPS) is 15.3. The van der Waals surface area contributed by atoms with Gasteiger partial charge in [0.05, 0.1) is 13.2 Å². The van der Waals surface area contributed by atoms with E-state index in [0.29, 0.717) is 17.8 Å². The third kappa shape index (κ3) is 5.00. The van der Waals surface area contributed by atoms with Gasteiger partial charge in [0, 0.05) is 26.2 Å². The second-order valence-electron chi connectivity index (χ2n) is 5.58. The van der Waals surface area contributed by atoms with Gasteiger partial charge in [-0.15, -0.1) is 0 Å². The highest BCUT2D eigenvalue weighted by Gasteiger charge is 2.16. The van der Waals surface area contributed by atoms with E-state index in [1.807, 2.05) is 0 Å². The maximum Gasteiger partial charge on any atom is 0.232 e. The van der Waals surface area contributed by atoms with Gasteiger partial charge in [-0.25, -0.2) is 0 Å². The molecule has 0 saturated carbocycles. The topological polar surface area (TPSA) is 75.2 Å². The van der Waals surface area contributed by atoms with Crippen LogP contribution in [0.3, 0.4) is 0 Å². The summed E-state index contributed by atoms with van der Waals surface area (Å²) in [6.07, 6.45) is 1.04. The minimum Gasteiger partial charge on any atom is -0.378 e. The first kappa shape index (κ1) is 15.8. The molecule has 118 valence electrons. The van der Waals surface area contributed by atoms with Crippen molar-refractivity contribution >= 4 is 17.8 Å². The minimum atomic E-state index is 0.542. The monoisotopic (exact) mass is 294 g/mol. The number of hydrogen-bond acceptors (Lipinski definition) is 7. The Morgan fingerprint density at radius 3 is 2.38 bits per heavy atom. The first-order valence-corrected chi connectivity index (χ1v) is 7.75. The van der Waals surface area contributed by atoms with E-state index in [1.54, 1.807) is 0 Å². The van der Waals surface area contributed by atoms with Crippen molar-refractivity contribution in [2.45, 2.75) is 27.2 Å². The Morgan fingerprint density at radius 2 is 1.76 bits per heavy atom. The molecule has 0 spiro atoms. The molecule has 1 fully saturated rings. The van der Waals surface area contributed by atoms with Crippen molar-refractivity contribution in [3.63, 3.8) is 0 Å². The molecule has 1 aromatic rings. The predicted molar refractivity (Wildman–Crippen MR) is 85.0 cm³/mol. The van der Waals surface area contributed by atoms with Gasteiger partial charge in [-0.2, -0.15) is 15.0 Å². The molecule has 2 heterocycles. The number of hydrogen-bond donors (Lipinski definition) is 2. The van der Waals surface area contributed by atoms with Gasteiger partial charge in [-0.05, 0) is 12.3 Å². The standard InChI is InChI=1S/C14H26N6O/c1-4-5-15-12-17-13(16-10-11(2)3)19-14(18-12)20-6-8-21-9-7-20/h11H,4-10H2,1-3H3,(H2,15,16,17,18,19). The number of morpholine rings is 1. The van der Waals surface area contributed by atoms with Crippen LogP contribution in [0.4, 0.5) is 17.8 Å². The third-order valence-corrected chi connectivity index (χ3v) is 3.12. The quantitative estimate of drug-likeness (QED) is 0.791. The van der Waals surface area contributed by atoms with E-state index in [2.05, 4.69) is 51.3 Å². The molecule has 0 radical (unpaired) electrons. The van der Waals surface area contributed by atoms with E-state index in [-0.39, 0.29) is 0 Å². The van der Waals surface area contributed by atoms with Crippen LogP contribution in [0.15, 0.2) is 0 Å². The van der Waals surface area contributed by atoms with E-state index >= 15 is 0 Å². The largest absolute Gasteiger partial charge is 0.378 e. The fourth-order valence-corrected chi connectivity index (χ4v) is 1.96. The molecule has 0 unspecified atom stereocenters. The maximum absolute atomic E-state index is 5.38. The second-order valence-corrected chi connectivity index (χ2v) is 5.58. The van der Waals surface area contributed by atoms with E-state index in [4.69, 9.17) is 4.74 Å². The van der Waals surface area contributed by atoms with Crippen molar-refractivity contribution in [3.05, 3.63) is 0 Å². The summed E-state index contributed by atoms with van der Waals surface area (Å²) in [4.78, 5) is 15.6. The van der Waals surface area contributed by atoms with Crippen molar-refractivity contribution in [3.8, 4) is 0 Å². The van der Waals surface area contributed by atoms with Crippen molar-refractivity contribution in [2.24, 2.45) is 5.92 Å². The fourth-order valence-electron chi connectivity index (χ4n) is 1.96. The SMILES string of the molecule is CCCNc1nc(NCC(C)C)nc(N2CCOCC2)n1. The molecule has 7 nitrogen and oxygen atoms in total. The molecule has 2 rings (SSSR count). The Bertz CT molecular complexity index is 433. The summed E-state index contributed by atoms with van der Waals surface area (Å²) in [5, 5.41) is 6.52. The summed E-state index contributed by atoms with van der Waals surface area (Å²) in [7, 11) is 0. The van der Waals surface area contributed by atoms with E-state index < -0.39 is 0 Å². The van der Waals surface area contributed by atoms with E-state index in [0.717, 1.165) is 51.8 Å². The van der Waals surface area contributed by atoms with Gasteiger partial charge in [0.2, 0.25) is 17.8 Å². The van der Waals surface area contributed by atoms with Crippen LogP contribution in [0.5, 0.6) is 0 Å². The van der Waals surface area contributed by atoms with Gasteiger partial charge in [-0.1, -0.05) is 20.8 Å². The first-order chi connectivity index (χ1) is 10.2. The lowest BCUT2D eigenvalue weighted by atomic mass is 10.2. The van der Waals surface area contributed by atoms with Crippen molar-refractivity contribution in [1.82, 2.24) is 15.0 Å². The average Bonchev–Trinajstić information content (AvgIpc) is 2.51. The van der Waals surface area contributed by atoms with Gasteiger partial charge in [0.15, 0.2) is 0 Å². The average molecular weight is 294 g/mol. The number of ether oxygens (including phenoxy) is 1. The zero-order valence-electron chi connectivity index (χ0n) is 13.2. The van der Waals surface area contributed by atoms with Gasteiger partial charge in [-0.3, -0.25) is 0 Å². The van der Waals surface area contributed by atoms with Gasteiger partial charge in [0.25, 0.3) is 0 Å². The molecule has 0 aromatic carbocycles. The third-order valence-electron chi connectivity index (χ3n) is 3.12. The summed E-state index contributed by atoms with van der Waals surface area (Å²) in [6.45, 7) is 11.2. The second kappa shape index (κ2) is 7.97. The summed E-state index contributed by atoms with van der Waals surface area (Å²) in [5.41, 5.74) is 0. The molecule has 0 amide bonds. The number of aromatic nitrogens is 3. The molecule has 0 bridgehead atoms. The van der Waals surface area contributed by atoms with Crippen molar-refractivity contribution in [1.29, 1.82) is 0 Å². The highest BCUT2D eigenvalue weighted by atomic mass is 16.5. The fraction of sp³-hybridized carbons (Fsp3) is 0.786. The minimum absolute atomic E-state index is 0.542. The zero-order chi connectivity index (χ0) is 15.1. The Labute approximate surface area is 126 Å². The molecule has 1 aliphatic rings. The van der Waals surface area contributed by atoms with Crippen LogP contribution < -0.4 is 15.5 Å². The molecule has 7 heteroatoms. The van der Waals surface area contributed by atoms with E-state index in [1.165, 1.54) is 0 Å². The number of anilines is 3. The van der Waals surface area contributed by atoms with Gasteiger partial charge >= 0.3 is 0 Å². The summed E-state index contributed by atoms with van der Waals surface area (Å²) < 4.78 is 5.38. The van der Waals surface area contributed by atoms with Crippen LogP contribution in [0.1, 0.15) is 27.2 Å². The molecule has 1 saturated heterocycles. The predicted octanol–water partition coefficient (Wildman–Crippen LogP) is 1.60. The van der Waals surface area contributed by atoms with Crippen LogP contribution in [0.2, 0.25) is 0 Å². The van der Waals surface area contributed by atoms with Crippen LogP contribution in [0, 0.1) is 5.92 Å². The Morgan fingerprint density at radius 1 is 1.10 bits per heavy atom. The molecular formula is C14H26N6O. The first-order valence-electron chi connectivity index (χ1n) is 7.75. The number of rotatable bonds is 7. The lowest BCUT2D eigenvalue weighted by Crippen LogP contribution is -2.37. The highest BCUT2D eigenvalue weighted by molar-refractivity contribution is 5.44. The van der Waals surface area contributed by atoms with Crippen LogP contribution in [0.25, 0.3) is 0 Å². The summed E-state index contributed by atoms with van der Waals surface area (Å²) in [5.74, 6) is 2.54. The van der Waals surface area contributed by atoms with Crippen LogP contribution in [-0.2, 0) is 4.74 Å². The zero-order valence-corrected chi connectivity index (χ0v) is 13.2. The molecule has 0 atom stereocenters. The number of nitrogens with one attached hydrogen (secondary N) is 2. The lowest BCUT2D eigenvalue weighted by Gasteiger charge is -2.27. The maximum atomic E-state index is 5.38. The van der Waals surface area contributed by atoms with Gasteiger partial charge < -0.3 is 20.3 Å². The molecule has 1 aromatic heterocycles. The Balaban J connectivity index is 2.14. The molecule has 1 aliphatic heterocycles. The Hall–Kier alpha value is -1.63. The van der Waals surface area contributed by atoms with Crippen LogP contribution in [-0.4, -0.2) is 54.3 Å².